The molecule has 1 unspecified atom stereocenters. The molecule has 0 fully saturated rings. The molecule has 1 aromatic carbocycles. The molecule has 0 bridgehead atoms. The van der Waals surface area contributed by atoms with Crippen LogP contribution in [-0.4, -0.2) is 5.33 Å². The second-order valence-corrected chi connectivity index (χ2v) is 5.54. The lowest BCUT2D eigenvalue weighted by atomic mass is 9.95. The first kappa shape index (κ1) is 12.2. The summed E-state index contributed by atoms with van der Waals surface area (Å²) in [7, 11) is 0. The molecule has 0 nitrogen and oxygen atoms in total. The Kier molecular flexibility index (Phi) is 4.45. The van der Waals surface area contributed by atoms with Crippen LogP contribution in [0.5, 0.6) is 0 Å². The summed E-state index contributed by atoms with van der Waals surface area (Å²) in [6.07, 6.45) is 1.04. The van der Waals surface area contributed by atoms with Crippen molar-refractivity contribution in [2.75, 3.05) is 5.33 Å². The Hall–Kier alpha value is -0.310. The molecule has 0 aliphatic heterocycles. The maximum atomic E-state index is 6.22. The lowest BCUT2D eigenvalue weighted by Crippen LogP contribution is -2.04. The van der Waals surface area contributed by atoms with E-state index in [0.29, 0.717) is 5.92 Å². The van der Waals surface area contributed by atoms with E-state index in [2.05, 4.69) is 38.8 Å². The minimum atomic E-state index is 0.447. The quantitative estimate of drug-likeness (QED) is 0.687. The molecular weight excluding hydrogens is 304 g/mol. The summed E-state index contributed by atoms with van der Waals surface area (Å²) in [4.78, 5) is 0. The first-order valence-corrected chi connectivity index (χ1v) is 7.57. The van der Waals surface area contributed by atoms with Gasteiger partial charge in [0.15, 0.2) is 0 Å². The monoisotopic (exact) mass is 314 g/mol. The van der Waals surface area contributed by atoms with Gasteiger partial charge in [0.1, 0.15) is 0 Å². The number of alkyl halides is 1. The van der Waals surface area contributed by atoms with Crippen LogP contribution in [0.15, 0.2) is 41.1 Å². The van der Waals surface area contributed by atoms with Gasteiger partial charge in [0.05, 0.1) is 0 Å². The molecule has 16 heavy (non-hydrogen) atoms. The number of thiophene rings is 1. The molecule has 2 rings (SSSR count). The zero-order valence-electron chi connectivity index (χ0n) is 8.70. The van der Waals surface area contributed by atoms with E-state index in [1.54, 1.807) is 11.3 Å². The SMILES string of the molecule is Clc1ccccc1C(CBr)Cc1ccsc1. The molecule has 2 aromatic rings. The van der Waals surface area contributed by atoms with E-state index in [9.17, 15) is 0 Å². The molecule has 0 spiro atoms. The highest BCUT2D eigenvalue weighted by atomic mass is 79.9. The molecule has 1 aromatic heterocycles. The molecular formula is C13H12BrClS. The van der Waals surface area contributed by atoms with Crippen LogP contribution in [0, 0.1) is 0 Å². The molecule has 0 saturated heterocycles. The van der Waals surface area contributed by atoms with Gasteiger partial charge in [0, 0.05) is 10.4 Å². The maximum Gasteiger partial charge on any atom is 0.0441 e. The van der Waals surface area contributed by atoms with E-state index < -0.39 is 0 Å². The summed E-state index contributed by atoms with van der Waals surface area (Å²) in [5, 5.41) is 6.12. The van der Waals surface area contributed by atoms with Crippen molar-refractivity contribution < 1.29 is 0 Å². The van der Waals surface area contributed by atoms with Gasteiger partial charge in [-0.3, -0.25) is 0 Å². The Labute approximate surface area is 113 Å². The zero-order chi connectivity index (χ0) is 11.4. The normalized spacial score (nSPS) is 12.6. The standard InChI is InChI=1S/C13H12BrClS/c14-8-11(7-10-5-6-16-9-10)12-3-1-2-4-13(12)15/h1-6,9,11H,7-8H2. The summed E-state index contributed by atoms with van der Waals surface area (Å²) in [6.45, 7) is 0. The molecule has 0 saturated carbocycles. The Balaban J connectivity index is 2.20. The van der Waals surface area contributed by atoms with E-state index >= 15 is 0 Å². The largest absolute Gasteiger partial charge is 0.152 e. The van der Waals surface area contributed by atoms with Crippen LogP contribution in [0.4, 0.5) is 0 Å². The Morgan fingerprint density at radius 2 is 2.06 bits per heavy atom. The second-order valence-electron chi connectivity index (χ2n) is 3.71. The van der Waals surface area contributed by atoms with Crippen LogP contribution in [0.2, 0.25) is 5.02 Å². The van der Waals surface area contributed by atoms with Crippen molar-refractivity contribution in [2.45, 2.75) is 12.3 Å². The third kappa shape index (κ3) is 2.88. The first-order chi connectivity index (χ1) is 7.81. The van der Waals surface area contributed by atoms with Crippen molar-refractivity contribution in [1.29, 1.82) is 0 Å². The number of rotatable bonds is 4. The highest BCUT2D eigenvalue weighted by Gasteiger charge is 2.13. The van der Waals surface area contributed by atoms with Crippen molar-refractivity contribution in [3.63, 3.8) is 0 Å². The zero-order valence-corrected chi connectivity index (χ0v) is 11.9. The minimum absolute atomic E-state index is 0.447. The van der Waals surface area contributed by atoms with E-state index in [-0.39, 0.29) is 0 Å². The van der Waals surface area contributed by atoms with Gasteiger partial charge in [0.25, 0.3) is 0 Å². The van der Waals surface area contributed by atoms with E-state index in [4.69, 9.17) is 11.6 Å². The van der Waals surface area contributed by atoms with E-state index in [1.165, 1.54) is 11.1 Å². The van der Waals surface area contributed by atoms with Gasteiger partial charge in [-0.15, -0.1) is 0 Å². The molecule has 1 atom stereocenters. The smallest absolute Gasteiger partial charge is 0.0441 e. The molecule has 84 valence electrons. The molecule has 0 aliphatic carbocycles. The highest BCUT2D eigenvalue weighted by molar-refractivity contribution is 9.09. The fourth-order valence-electron chi connectivity index (χ4n) is 1.75. The predicted molar refractivity (Wildman–Crippen MR) is 76.0 cm³/mol. The minimum Gasteiger partial charge on any atom is -0.152 e. The van der Waals surface area contributed by atoms with Crippen LogP contribution in [-0.2, 0) is 6.42 Å². The molecule has 0 aliphatic rings. The molecule has 0 amide bonds. The van der Waals surface area contributed by atoms with Gasteiger partial charge >= 0.3 is 0 Å². The van der Waals surface area contributed by atoms with Crippen molar-refractivity contribution in [2.24, 2.45) is 0 Å². The summed E-state index contributed by atoms with van der Waals surface area (Å²) in [5.74, 6) is 0.447. The van der Waals surface area contributed by atoms with Crippen LogP contribution >= 0.6 is 38.9 Å². The van der Waals surface area contributed by atoms with Gasteiger partial charge in [-0.05, 0) is 46.4 Å². The lowest BCUT2D eigenvalue weighted by molar-refractivity contribution is 0.778. The van der Waals surface area contributed by atoms with E-state index in [0.717, 1.165) is 16.8 Å². The third-order valence-electron chi connectivity index (χ3n) is 2.59. The van der Waals surface area contributed by atoms with Crippen LogP contribution < -0.4 is 0 Å². The maximum absolute atomic E-state index is 6.22. The van der Waals surface area contributed by atoms with Gasteiger partial charge in [-0.2, -0.15) is 11.3 Å². The summed E-state index contributed by atoms with van der Waals surface area (Å²) in [6, 6.07) is 10.3. The van der Waals surface area contributed by atoms with Crippen molar-refractivity contribution in [1.82, 2.24) is 0 Å². The fourth-order valence-corrected chi connectivity index (χ4v) is 3.30. The molecule has 1 heterocycles. The summed E-state index contributed by atoms with van der Waals surface area (Å²) >= 11 is 11.5. The lowest BCUT2D eigenvalue weighted by Gasteiger charge is -2.15. The summed E-state index contributed by atoms with van der Waals surface area (Å²) in [5.41, 5.74) is 2.61. The Morgan fingerprint density at radius 3 is 2.69 bits per heavy atom. The van der Waals surface area contributed by atoms with Crippen molar-refractivity contribution in [3.8, 4) is 0 Å². The van der Waals surface area contributed by atoms with Crippen LogP contribution in [0.1, 0.15) is 17.0 Å². The van der Waals surface area contributed by atoms with Gasteiger partial charge in [0.2, 0.25) is 0 Å². The van der Waals surface area contributed by atoms with Gasteiger partial charge in [-0.1, -0.05) is 45.7 Å². The number of hydrogen-bond acceptors (Lipinski definition) is 1. The van der Waals surface area contributed by atoms with E-state index in [1.807, 2.05) is 18.2 Å². The number of hydrogen-bond donors (Lipinski definition) is 0. The topological polar surface area (TPSA) is 0 Å². The first-order valence-electron chi connectivity index (χ1n) is 5.12. The molecule has 0 radical (unpaired) electrons. The molecule has 0 N–H and O–H groups in total. The van der Waals surface area contributed by atoms with Crippen molar-refractivity contribution >= 4 is 38.9 Å². The van der Waals surface area contributed by atoms with Crippen LogP contribution in [0.3, 0.4) is 0 Å². The average molecular weight is 316 g/mol. The Morgan fingerprint density at radius 1 is 1.25 bits per heavy atom. The number of halogens is 2. The average Bonchev–Trinajstić information content (AvgIpc) is 2.80. The highest BCUT2D eigenvalue weighted by Crippen LogP contribution is 2.29. The van der Waals surface area contributed by atoms with Gasteiger partial charge < -0.3 is 0 Å². The molecule has 3 heteroatoms. The van der Waals surface area contributed by atoms with Crippen LogP contribution in [0.25, 0.3) is 0 Å². The predicted octanol–water partition coefficient (Wildman–Crippen LogP) is 5.12. The van der Waals surface area contributed by atoms with Crippen molar-refractivity contribution in [3.05, 3.63) is 57.2 Å². The van der Waals surface area contributed by atoms with Gasteiger partial charge in [-0.25, -0.2) is 0 Å². The second kappa shape index (κ2) is 5.85. The number of benzene rings is 1. The third-order valence-corrected chi connectivity index (χ3v) is 4.45. The summed E-state index contributed by atoms with van der Waals surface area (Å²) < 4.78 is 0. The fraction of sp³-hybridized carbons (Fsp3) is 0.231. The Bertz CT molecular complexity index is 439.